The van der Waals surface area contributed by atoms with Crippen LogP contribution < -0.4 is 9.47 Å². The van der Waals surface area contributed by atoms with Gasteiger partial charge in [-0.2, -0.15) is 0 Å². The summed E-state index contributed by atoms with van der Waals surface area (Å²) < 4.78 is 22.2. The average molecular weight is 444 g/mol. The van der Waals surface area contributed by atoms with E-state index < -0.39 is 0 Å². The monoisotopic (exact) mass is 444 g/mol. The van der Waals surface area contributed by atoms with E-state index in [9.17, 15) is 4.79 Å². The summed E-state index contributed by atoms with van der Waals surface area (Å²) in [6.45, 7) is 2.48. The van der Waals surface area contributed by atoms with E-state index >= 15 is 0 Å². The van der Waals surface area contributed by atoms with Gasteiger partial charge in [-0.3, -0.25) is 9.78 Å². The summed E-state index contributed by atoms with van der Waals surface area (Å²) in [4.78, 5) is 20.2. The molecule has 0 unspecified atom stereocenters. The Balaban J connectivity index is 1.33. The lowest BCUT2D eigenvalue weighted by Gasteiger charge is -2.09. The molecule has 0 aliphatic carbocycles. The van der Waals surface area contributed by atoms with Crippen LogP contribution in [0, 0.1) is 6.92 Å². The lowest BCUT2D eigenvalue weighted by atomic mass is 10.1. The van der Waals surface area contributed by atoms with Gasteiger partial charge in [0.1, 0.15) is 36.2 Å². The Morgan fingerprint density at radius 2 is 1.67 bits per heavy atom. The minimum absolute atomic E-state index is 0.234. The molecule has 4 rings (SSSR count). The molecule has 0 fully saturated rings. The molecule has 0 spiro atoms. The molecule has 0 N–H and O–H groups in total. The summed E-state index contributed by atoms with van der Waals surface area (Å²) in [5, 5.41) is 0. The minimum Gasteiger partial charge on any atom is -0.489 e. The molecule has 2 aromatic carbocycles. The van der Waals surface area contributed by atoms with Crippen LogP contribution in [0.5, 0.6) is 11.5 Å². The molecule has 0 aliphatic heterocycles. The SMILES string of the molecule is COC(=O)Cc1ccc(OCc2cncc(OCc3nc(-c4ccccc4)oc3C)c2)cc1. The van der Waals surface area contributed by atoms with Gasteiger partial charge in [-0.05, 0) is 42.8 Å². The number of carbonyl (C=O) groups is 1. The molecular weight excluding hydrogens is 420 g/mol. The Labute approximate surface area is 192 Å². The second kappa shape index (κ2) is 10.5. The van der Waals surface area contributed by atoms with E-state index in [2.05, 4.69) is 14.7 Å². The summed E-state index contributed by atoms with van der Waals surface area (Å²) in [6.07, 6.45) is 3.61. The van der Waals surface area contributed by atoms with Crippen LogP contribution in [-0.4, -0.2) is 23.0 Å². The highest BCUT2D eigenvalue weighted by molar-refractivity contribution is 5.72. The van der Waals surface area contributed by atoms with E-state index in [1.54, 1.807) is 12.4 Å². The molecular formula is C26H24N2O5. The van der Waals surface area contributed by atoms with Gasteiger partial charge in [0.05, 0.1) is 19.7 Å². The van der Waals surface area contributed by atoms with E-state index in [1.165, 1.54) is 7.11 Å². The molecule has 0 saturated heterocycles. The summed E-state index contributed by atoms with van der Waals surface area (Å²) in [6, 6.07) is 19.0. The molecule has 0 amide bonds. The van der Waals surface area contributed by atoms with Gasteiger partial charge in [0.25, 0.3) is 0 Å². The average Bonchev–Trinajstić information content (AvgIpc) is 3.23. The van der Waals surface area contributed by atoms with Crippen LogP contribution in [0.15, 0.2) is 77.5 Å². The first kappa shape index (κ1) is 22.1. The summed E-state index contributed by atoms with van der Waals surface area (Å²) in [7, 11) is 1.38. The predicted octanol–water partition coefficient (Wildman–Crippen LogP) is 4.92. The first-order chi connectivity index (χ1) is 16.1. The Morgan fingerprint density at radius 3 is 2.42 bits per heavy atom. The third kappa shape index (κ3) is 5.98. The molecule has 4 aromatic rings. The number of nitrogens with zero attached hydrogens (tertiary/aromatic N) is 2. The van der Waals surface area contributed by atoms with Gasteiger partial charge in [0.2, 0.25) is 5.89 Å². The molecule has 33 heavy (non-hydrogen) atoms. The summed E-state index contributed by atoms with van der Waals surface area (Å²) in [5.41, 5.74) is 3.39. The van der Waals surface area contributed by atoms with Crippen LogP contribution in [-0.2, 0) is 29.2 Å². The van der Waals surface area contributed by atoms with Crippen molar-refractivity contribution in [2.24, 2.45) is 0 Å². The Bertz CT molecular complexity index is 1200. The highest BCUT2D eigenvalue weighted by Crippen LogP contribution is 2.23. The number of ether oxygens (including phenoxy) is 3. The first-order valence-corrected chi connectivity index (χ1v) is 10.5. The van der Waals surface area contributed by atoms with Gasteiger partial charge >= 0.3 is 5.97 Å². The first-order valence-electron chi connectivity index (χ1n) is 10.5. The zero-order valence-electron chi connectivity index (χ0n) is 18.5. The largest absolute Gasteiger partial charge is 0.489 e. The number of carbonyl (C=O) groups excluding carboxylic acids is 1. The number of hydrogen-bond donors (Lipinski definition) is 0. The van der Waals surface area contributed by atoms with Crippen LogP contribution in [0.3, 0.4) is 0 Å². The van der Waals surface area contributed by atoms with Crippen molar-refractivity contribution in [1.29, 1.82) is 0 Å². The van der Waals surface area contributed by atoms with Crippen molar-refractivity contribution in [2.45, 2.75) is 26.6 Å². The van der Waals surface area contributed by atoms with E-state index in [0.717, 1.165) is 28.1 Å². The number of hydrogen-bond acceptors (Lipinski definition) is 7. The third-order valence-electron chi connectivity index (χ3n) is 4.96. The number of benzene rings is 2. The lowest BCUT2D eigenvalue weighted by molar-refractivity contribution is -0.139. The fraction of sp³-hybridized carbons (Fsp3) is 0.192. The maximum Gasteiger partial charge on any atom is 0.309 e. The molecule has 0 radical (unpaired) electrons. The maximum absolute atomic E-state index is 11.4. The summed E-state index contributed by atoms with van der Waals surface area (Å²) in [5.74, 6) is 2.33. The van der Waals surface area contributed by atoms with Gasteiger partial charge in [-0.1, -0.05) is 30.3 Å². The van der Waals surface area contributed by atoms with Crippen LogP contribution in [0.1, 0.15) is 22.6 Å². The number of aryl methyl sites for hydroxylation is 1. The molecule has 0 saturated carbocycles. The second-order valence-corrected chi connectivity index (χ2v) is 7.39. The van der Waals surface area contributed by atoms with Crippen LogP contribution in [0.4, 0.5) is 0 Å². The Morgan fingerprint density at radius 1 is 0.909 bits per heavy atom. The van der Waals surface area contributed by atoms with Crippen molar-refractivity contribution in [1.82, 2.24) is 9.97 Å². The van der Waals surface area contributed by atoms with Gasteiger partial charge in [-0.15, -0.1) is 0 Å². The smallest absolute Gasteiger partial charge is 0.309 e. The molecule has 2 heterocycles. The van der Waals surface area contributed by atoms with E-state index in [1.807, 2.05) is 67.6 Å². The van der Waals surface area contributed by atoms with Gasteiger partial charge < -0.3 is 18.6 Å². The van der Waals surface area contributed by atoms with Crippen molar-refractivity contribution in [3.63, 3.8) is 0 Å². The maximum atomic E-state index is 11.4. The zero-order valence-corrected chi connectivity index (χ0v) is 18.5. The normalized spacial score (nSPS) is 10.6. The summed E-state index contributed by atoms with van der Waals surface area (Å²) >= 11 is 0. The zero-order chi connectivity index (χ0) is 23.0. The van der Waals surface area contributed by atoms with Gasteiger partial charge in [-0.25, -0.2) is 4.98 Å². The van der Waals surface area contributed by atoms with Crippen molar-refractivity contribution in [2.75, 3.05) is 7.11 Å². The standard InChI is InChI=1S/C26H24N2O5/c1-18-24(28-26(33-18)21-6-4-3-5-7-21)17-32-23-12-20(14-27-15-23)16-31-22-10-8-19(9-11-22)13-25(29)30-2/h3-12,14-15H,13,16-17H2,1-2H3. The van der Waals surface area contributed by atoms with E-state index in [0.29, 0.717) is 24.0 Å². The van der Waals surface area contributed by atoms with Gasteiger partial charge in [0.15, 0.2) is 0 Å². The highest BCUT2D eigenvalue weighted by Gasteiger charge is 2.12. The quantitative estimate of drug-likeness (QED) is 0.339. The van der Waals surface area contributed by atoms with Crippen LogP contribution in [0.25, 0.3) is 11.5 Å². The van der Waals surface area contributed by atoms with E-state index in [4.69, 9.17) is 13.9 Å². The van der Waals surface area contributed by atoms with Crippen molar-refractivity contribution < 1.29 is 23.4 Å². The lowest BCUT2D eigenvalue weighted by Crippen LogP contribution is -2.04. The fourth-order valence-electron chi connectivity index (χ4n) is 3.15. The minimum atomic E-state index is -0.274. The molecule has 2 aromatic heterocycles. The number of esters is 1. The number of aromatic nitrogens is 2. The Hall–Kier alpha value is -4.13. The molecule has 0 bridgehead atoms. The van der Waals surface area contributed by atoms with Gasteiger partial charge in [0, 0.05) is 17.3 Å². The molecule has 168 valence electrons. The van der Waals surface area contributed by atoms with E-state index in [-0.39, 0.29) is 19.0 Å². The predicted molar refractivity (Wildman–Crippen MR) is 122 cm³/mol. The van der Waals surface area contributed by atoms with Crippen molar-refractivity contribution in [3.05, 3.63) is 95.6 Å². The molecule has 7 heteroatoms. The molecule has 7 nitrogen and oxygen atoms in total. The second-order valence-electron chi connectivity index (χ2n) is 7.39. The van der Waals surface area contributed by atoms with Crippen molar-refractivity contribution in [3.8, 4) is 23.0 Å². The van der Waals surface area contributed by atoms with Crippen LogP contribution >= 0.6 is 0 Å². The number of rotatable bonds is 9. The fourth-order valence-corrected chi connectivity index (χ4v) is 3.15. The Kier molecular flexibility index (Phi) is 6.99. The number of methoxy groups -OCH3 is 1. The number of oxazole rings is 1. The number of pyridine rings is 1. The van der Waals surface area contributed by atoms with Crippen LogP contribution in [0.2, 0.25) is 0 Å². The molecule has 0 atom stereocenters. The third-order valence-corrected chi connectivity index (χ3v) is 4.96. The van der Waals surface area contributed by atoms with Crippen molar-refractivity contribution >= 4 is 5.97 Å². The highest BCUT2D eigenvalue weighted by atomic mass is 16.5. The molecule has 0 aliphatic rings. The topological polar surface area (TPSA) is 83.7 Å².